The molecule has 12 heavy (non-hydrogen) atoms. The van der Waals surface area contributed by atoms with Crippen molar-refractivity contribution in [2.24, 2.45) is 0 Å². The van der Waals surface area contributed by atoms with E-state index in [1.165, 1.54) is 0 Å². The van der Waals surface area contributed by atoms with Gasteiger partial charge in [-0.2, -0.15) is 0 Å². The van der Waals surface area contributed by atoms with Crippen LogP contribution in [0.4, 0.5) is 4.79 Å². The third-order valence-corrected chi connectivity index (χ3v) is 1.80. The fourth-order valence-corrected chi connectivity index (χ4v) is 1.15. The fraction of sp³-hybridized carbons (Fsp3) is 0.750. The zero-order chi connectivity index (χ0) is 8.81. The molecule has 4 heteroatoms. The van der Waals surface area contributed by atoms with Gasteiger partial charge in [-0.3, -0.25) is 0 Å². The van der Waals surface area contributed by atoms with Crippen LogP contribution in [-0.4, -0.2) is 32.3 Å². The van der Waals surface area contributed by atoms with Crippen LogP contribution in [0.5, 0.6) is 0 Å². The molecule has 2 N–H and O–H groups in total. The minimum absolute atomic E-state index is 0.00699. The third-order valence-electron chi connectivity index (χ3n) is 1.80. The Bertz CT molecular complexity index is 142. The van der Waals surface area contributed by atoms with E-state index in [9.17, 15) is 4.79 Å². The Morgan fingerprint density at radius 1 is 1.75 bits per heavy atom. The van der Waals surface area contributed by atoms with Gasteiger partial charge in [0.1, 0.15) is 6.10 Å². The van der Waals surface area contributed by atoms with Gasteiger partial charge >= 0.3 is 6.09 Å². The molecule has 0 aliphatic carbocycles. The Morgan fingerprint density at radius 3 is 3.33 bits per heavy atom. The van der Waals surface area contributed by atoms with Gasteiger partial charge in [-0.1, -0.05) is 0 Å². The number of ether oxygens (including phenoxy) is 1. The fourth-order valence-electron chi connectivity index (χ4n) is 1.15. The van der Waals surface area contributed by atoms with Gasteiger partial charge in [-0.05, 0) is 25.8 Å². The molecule has 4 nitrogen and oxygen atoms in total. The van der Waals surface area contributed by atoms with Crippen LogP contribution in [0.2, 0.25) is 0 Å². The second-order valence-electron chi connectivity index (χ2n) is 2.79. The molecule has 1 radical (unpaired) electrons. The Hall–Kier alpha value is -0.770. The summed E-state index contributed by atoms with van der Waals surface area (Å²) in [6.07, 6.45) is 3.69. The van der Waals surface area contributed by atoms with Gasteiger partial charge in [-0.25, -0.2) is 4.79 Å². The number of amides is 1. The lowest BCUT2D eigenvalue weighted by Gasteiger charge is -2.14. The Morgan fingerprint density at radius 2 is 2.58 bits per heavy atom. The average Bonchev–Trinajstić information content (AvgIpc) is 2.33. The SMILES string of the molecule is CNC(=O)OC1C[CH]CCNC1. The molecule has 0 bridgehead atoms. The highest BCUT2D eigenvalue weighted by Crippen LogP contribution is 2.06. The van der Waals surface area contributed by atoms with E-state index in [1.807, 2.05) is 0 Å². The summed E-state index contributed by atoms with van der Waals surface area (Å²) in [5.41, 5.74) is 0. The third kappa shape index (κ3) is 3.09. The van der Waals surface area contributed by atoms with Crippen molar-refractivity contribution >= 4 is 6.09 Å². The van der Waals surface area contributed by atoms with E-state index in [0.717, 1.165) is 25.9 Å². The summed E-state index contributed by atoms with van der Waals surface area (Å²) in [4.78, 5) is 10.8. The number of alkyl carbamates (subject to hydrolysis) is 1. The van der Waals surface area contributed by atoms with Gasteiger partial charge in [0.25, 0.3) is 0 Å². The van der Waals surface area contributed by atoms with Gasteiger partial charge in [-0.15, -0.1) is 0 Å². The smallest absolute Gasteiger partial charge is 0.407 e. The summed E-state index contributed by atoms with van der Waals surface area (Å²) < 4.78 is 5.08. The van der Waals surface area contributed by atoms with Crippen LogP contribution in [0.25, 0.3) is 0 Å². The van der Waals surface area contributed by atoms with Crippen LogP contribution in [0.1, 0.15) is 12.8 Å². The van der Waals surface area contributed by atoms with Crippen molar-refractivity contribution in [3.05, 3.63) is 6.42 Å². The topological polar surface area (TPSA) is 50.4 Å². The van der Waals surface area contributed by atoms with Crippen LogP contribution >= 0.6 is 0 Å². The second-order valence-corrected chi connectivity index (χ2v) is 2.79. The van der Waals surface area contributed by atoms with E-state index in [-0.39, 0.29) is 12.2 Å². The highest BCUT2D eigenvalue weighted by Gasteiger charge is 2.14. The van der Waals surface area contributed by atoms with Crippen molar-refractivity contribution < 1.29 is 9.53 Å². The molecule has 1 rings (SSSR count). The molecule has 1 heterocycles. The standard InChI is InChI=1S/C8H15N2O2/c1-9-8(11)12-7-4-2-3-5-10-6-7/h2,7,10H,3-6H2,1H3,(H,9,11). The van der Waals surface area contributed by atoms with E-state index < -0.39 is 0 Å². The maximum atomic E-state index is 10.8. The van der Waals surface area contributed by atoms with Crippen molar-refractivity contribution in [3.8, 4) is 0 Å². The summed E-state index contributed by atoms with van der Waals surface area (Å²) in [6, 6.07) is 0. The molecular weight excluding hydrogens is 156 g/mol. The molecule has 1 saturated heterocycles. The van der Waals surface area contributed by atoms with E-state index in [4.69, 9.17) is 4.74 Å². The number of carbonyl (C=O) groups is 1. The number of nitrogens with one attached hydrogen (secondary N) is 2. The molecule has 0 aromatic carbocycles. The van der Waals surface area contributed by atoms with Gasteiger partial charge in [0.2, 0.25) is 0 Å². The van der Waals surface area contributed by atoms with Gasteiger partial charge < -0.3 is 15.4 Å². The summed E-state index contributed by atoms with van der Waals surface area (Å²) in [6.45, 7) is 1.73. The maximum Gasteiger partial charge on any atom is 0.407 e. The maximum absolute atomic E-state index is 10.8. The molecule has 1 unspecified atom stereocenters. The summed E-state index contributed by atoms with van der Waals surface area (Å²) in [7, 11) is 1.57. The zero-order valence-corrected chi connectivity index (χ0v) is 7.30. The Kier molecular flexibility index (Phi) is 3.87. The molecule has 0 saturated carbocycles. The summed E-state index contributed by atoms with van der Waals surface area (Å²) in [5, 5.41) is 5.62. The zero-order valence-electron chi connectivity index (χ0n) is 7.30. The van der Waals surface area contributed by atoms with Gasteiger partial charge in [0.05, 0.1) is 0 Å². The first-order chi connectivity index (χ1) is 5.83. The Labute approximate surface area is 72.7 Å². The molecule has 1 atom stereocenters. The molecule has 0 spiro atoms. The Balaban J connectivity index is 2.24. The van der Waals surface area contributed by atoms with Crippen LogP contribution in [0.15, 0.2) is 0 Å². The van der Waals surface area contributed by atoms with Crippen molar-refractivity contribution in [1.82, 2.24) is 10.6 Å². The number of hydrogen-bond donors (Lipinski definition) is 2. The predicted molar refractivity (Wildman–Crippen MR) is 45.7 cm³/mol. The molecule has 0 aromatic heterocycles. The van der Waals surface area contributed by atoms with Crippen molar-refractivity contribution in [1.29, 1.82) is 0 Å². The van der Waals surface area contributed by atoms with Gasteiger partial charge in [0.15, 0.2) is 0 Å². The lowest BCUT2D eigenvalue weighted by atomic mass is 10.2. The van der Waals surface area contributed by atoms with Crippen LogP contribution in [0.3, 0.4) is 0 Å². The van der Waals surface area contributed by atoms with Crippen LogP contribution in [-0.2, 0) is 4.74 Å². The number of carbonyl (C=O) groups excluding carboxylic acids is 1. The van der Waals surface area contributed by atoms with E-state index >= 15 is 0 Å². The van der Waals surface area contributed by atoms with Crippen molar-refractivity contribution in [2.75, 3.05) is 20.1 Å². The molecule has 1 aliphatic rings. The molecule has 1 fully saturated rings. The first kappa shape index (κ1) is 9.32. The average molecular weight is 171 g/mol. The highest BCUT2D eigenvalue weighted by molar-refractivity contribution is 5.66. The lowest BCUT2D eigenvalue weighted by molar-refractivity contribution is 0.101. The van der Waals surface area contributed by atoms with Crippen LogP contribution in [0, 0.1) is 6.42 Å². The molecule has 0 aromatic rings. The molecule has 69 valence electrons. The van der Waals surface area contributed by atoms with E-state index in [1.54, 1.807) is 7.05 Å². The largest absolute Gasteiger partial charge is 0.445 e. The van der Waals surface area contributed by atoms with Crippen LogP contribution < -0.4 is 10.6 Å². The minimum Gasteiger partial charge on any atom is -0.445 e. The monoisotopic (exact) mass is 171 g/mol. The second kappa shape index (κ2) is 4.98. The summed E-state index contributed by atoms with van der Waals surface area (Å²) in [5.74, 6) is 0. The van der Waals surface area contributed by atoms with Crippen molar-refractivity contribution in [2.45, 2.75) is 18.9 Å². The molecular formula is C8H15N2O2. The quantitative estimate of drug-likeness (QED) is 0.596. The predicted octanol–water partition coefficient (Wildman–Crippen LogP) is 0.299. The van der Waals surface area contributed by atoms with Crippen molar-refractivity contribution in [3.63, 3.8) is 0 Å². The first-order valence-electron chi connectivity index (χ1n) is 4.23. The van der Waals surface area contributed by atoms with E-state index in [2.05, 4.69) is 17.1 Å². The number of hydrogen-bond acceptors (Lipinski definition) is 3. The van der Waals surface area contributed by atoms with E-state index in [0.29, 0.717) is 0 Å². The minimum atomic E-state index is -0.350. The molecule has 1 amide bonds. The molecule has 1 aliphatic heterocycles. The lowest BCUT2D eigenvalue weighted by Crippen LogP contribution is -2.32. The number of rotatable bonds is 1. The summed E-state index contributed by atoms with van der Waals surface area (Å²) >= 11 is 0. The first-order valence-corrected chi connectivity index (χ1v) is 4.23. The van der Waals surface area contributed by atoms with Gasteiger partial charge in [0, 0.05) is 13.6 Å². The highest BCUT2D eigenvalue weighted by atomic mass is 16.6. The normalized spacial score (nSPS) is 24.2.